The Bertz CT molecular complexity index is 1240. The van der Waals surface area contributed by atoms with Crippen molar-refractivity contribution >= 4 is 21.4 Å². The summed E-state index contributed by atoms with van der Waals surface area (Å²) in [4.78, 5) is 4.14. The van der Waals surface area contributed by atoms with Crippen LogP contribution in [0.5, 0.6) is 5.75 Å². The topological polar surface area (TPSA) is 125 Å². The highest BCUT2D eigenvalue weighted by atomic mass is 32.2. The van der Waals surface area contributed by atoms with Gasteiger partial charge in [0.25, 0.3) is 0 Å². The minimum atomic E-state index is -4.68. The van der Waals surface area contributed by atoms with Crippen molar-refractivity contribution in [2.24, 2.45) is 5.92 Å². The summed E-state index contributed by atoms with van der Waals surface area (Å²) in [6, 6.07) is 7.03. The van der Waals surface area contributed by atoms with Crippen LogP contribution in [0.25, 0.3) is 11.3 Å². The Morgan fingerprint density at radius 2 is 1.97 bits per heavy atom. The van der Waals surface area contributed by atoms with Gasteiger partial charge in [0.2, 0.25) is 10.0 Å². The molecule has 0 spiro atoms. The van der Waals surface area contributed by atoms with E-state index in [2.05, 4.69) is 10.4 Å². The predicted molar refractivity (Wildman–Crippen MR) is 131 cm³/mol. The molecule has 1 fully saturated rings. The molecule has 1 aliphatic rings. The number of ether oxygens (including phenoxy) is 1. The summed E-state index contributed by atoms with van der Waals surface area (Å²) in [6.45, 7) is 0.869. The Labute approximate surface area is 208 Å². The zero-order valence-electron chi connectivity index (χ0n) is 20.3. The summed E-state index contributed by atoms with van der Waals surface area (Å²) in [5.41, 5.74) is 8.60. The summed E-state index contributed by atoms with van der Waals surface area (Å²) < 4.78 is 71.9. The van der Waals surface area contributed by atoms with Gasteiger partial charge in [0.15, 0.2) is 5.69 Å². The Morgan fingerprint density at radius 3 is 2.53 bits per heavy atom. The average Bonchev–Trinajstić information content (AvgIpc) is 2.83. The highest BCUT2D eigenvalue weighted by Crippen LogP contribution is 2.40. The van der Waals surface area contributed by atoms with E-state index < -0.39 is 21.8 Å². The monoisotopic (exact) mass is 526 g/mol. The van der Waals surface area contributed by atoms with Gasteiger partial charge in [-0.25, -0.2) is 23.1 Å². The molecule has 0 unspecified atom stereocenters. The first-order chi connectivity index (χ1) is 16.8. The molecule has 196 valence electrons. The molecule has 0 aliphatic carbocycles. The molecular weight excluding hydrogens is 497 g/mol. The number of hydrogen-bond donors (Lipinski definition) is 2. The van der Waals surface area contributed by atoms with Crippen LogP contribution in [-0.4, -0.2) is 57.8 Å². The van der Waals surface area contributed by atoms with Crippen molar-refractivity contribution in [1.82, 2.24) is 14.7 Å². The number of nitrogen functional groups attached to an aromatic ring is 1. The molecule has 13 heteroatoms. The fourth-order valence-corrected chi connectivity index (χ4v) is 4.95. The van der Waals surface area contributed by atoms with Crippen LogP contribution in [0.15, 0.2) is 24.3 Å². The van der Waals surface area contributed by atoms with E-state index >= 15 is 0 Å². The Kier molecular flexibility index (Phi) is 8.33. The molecule has 1 saturated heterocycles. The van der Waals surface area contributed by atoms with E-state index in [0.717, 1.165) is 6.07 Å². The highest BCUT2D eigenvalue weighted by Gasteiger charge is 2.35. The van der Waals surface area contributed by atoms with Gasteiger partial charge in [-0.2, -0.15) is 18.4 Å². The summed E-state index contributed by atoms with van der Waals surface area (Å²) in [7, 11) is 0.0491. The van der Waals surface area contributed by atoms with E-state index in [-0.39, 0.29) is 40.9 Å². The molecule has 36 heavy (non-hydrogen) atoms. The second-order valence-corrected chi connectivity index (χ2v) is 10.6. The molecular formula is C23H29F3N6O3S. The lowest BCUT2D eigenvalue weighted by Gasteiger charge is -2.30. The van der Waals surface area contributed by atoms with Crippen LogP contribution in [-0.2, 0) is 16.2 Å². The third-order valence-electron chi connectivity index (χ3n) is 6.25. The molecule has 1 aromatic heterocycles. The first kappa shape index (κ1) is 27.5. The quantitative estimate of drug-likeness (QED) is 0.503. The maximum absolute atomic E-state index is 13.9. The number of nitrogens with zero attached hydrogens (tertiary/aromatic N) is 4. The highest BCUT2D eigenvalue weighted by molar-refractivity contribution is 7.88. The van der Waals surface area contributed by atoms with Crippen LogP contribution in [0.2, 0.25) is 0 Å². The number of hydrazine groups is 1. The van der Waals surface area contributed by atoms with Crippen LogP contribution in [0, 0.1) is 17.2 Å². The van der Waals surface area contributed by atoms with E-state index in [1.807, 2.05) is 6.07 Å². The van der Waals surface area contributed by atoms with Gasteiger partial charge < -0.3 is 15.5 Å². The number of anilines is 2. The third kappa shape index (κ3) is 6.37. The fraction of sp³-hybridized carbons (Fsp3) is 0.478. The second-order valence-electron chi connectivity index (χ2n) is 8.63. The van der Waals surface area contributed by atoms with Crippen molar-refractivity contribution in [3.05, 3.63) is 35.5 Å². The average molecular weight is 527 g/mol. The van der Waals surface area contributed by atoms with E-state index in [1.54, 1.807) is 14.1 Å². The van der Waals surface area contributed by atoms with E-state index in [1.165, 1.54) is 33.8 Å². The lowest BCUT2D eigenvalue weighted by molar-refractivity contribution is -0.138. The van der Waals surface area contributed by atoms with Gasteiger partial charge in [0, 0.05) is 32.7 Å². The second kappa shape index (κ2) is 10.9. The zero-order valence-corrected chi connectivity index (χ0v) is 21.1. The van der Waals surface area contributed by atoms with Gasteiger partial charge in [-0.1, -0.05) is 0 Å². The van der Waals surface area contributed by atoms with Crippen LogP contribution < -0.4 is 20.9 Å². The van der Waals surface area contributed by atoms with Gasteiger partial charge >= 0.3 is 6.18 Å². The number of hydrogen-bond acceptors (Lipinski definition) is 8. The number of nitrogens with one attached hydrogen (secondary N) is 1. The normalized spacial score (nSPS) is 15.5. The van der Waals surface area contributed by atoms with Crippen LogP contribution in [0.3, 0.4) is 0 Å². The number of piperidine rings is 1. The molecule has 1 aromatic carbocycles. The number of aromatic nitrogens is 1. The Balaban J connectivity index is 1.80. The number of nitrogens with two attached hydrogens (primary N) is 1. The van der Waals surface area contributed by atoms with E-state index in [9.17, 15) is 26.9 Å². The first-order valence-electron chi connectivity index (χ1n) is 11.3. The lowest BCUT2D eigenvalue weighted by atomic mass is 9.95. The molecule has 0 bridgehead atoms. The molecule has 1 aliphatic heterocycles. The number of rotatable bonds is 8. The largest absolute Gasteiger partial charge is 0.493 e. The molecule has 2 heterocycles. The van der Waals surface area contributed by atoms with Crippen molar-refractivity contribution in [1.29, 1.82) is 5.26 Å². The van der Waals surface area contributed by atoms with E-state index in [4.69, 9.17) is 10.5 Å². The van der Waals surface area contributed by atoms with Crippen molar-refractivity contribution < 1.29 is 26.3 Å². The number of pyridine rings is 1. The van der Waals surface area contributed by atoms with E-state index in [0.29, 0.717) is 38.0 Å². The van der Waals surface area contributed by atoms with Crippen LogP contribution >= 0.6 is 0 Å². The van der Waals surface area contributed by atoms with Gasteiger partial charge in [-0.15, -0.1) is 0 Å². The summed E-state index contributed by atoms with van der Waals surface area (Å²) in [6.07, 6.45) is -1.73. The molecule has 0 atom stereocenters. The van der Waals surface area contributed by atoms with Crippen molar-refractivity contribution in [2.75, 3.05) is 50.8 Å². The van der Waals surface area contributed by atoms with Gasteiger partial charge in [-0.3, -0.25) is 0 Å². The zero-order chi connectivity index (χ0) is 26.7. The summed E-state index contributed by atoms with van der Waals surface area (Å²) >= 11 is 0. The number of alkyl halides is 3. The molecule has 3 N–H and O–H groups in total. The number of sulfonamides is 1. The van der Waals surface area contributed by atoms with Crippen LogP contribution in [0.1, 0.15) is 30.5 Å². The Morgan fingerprint density at radius 1 is 1.31 bits per heavy atom. The minimum Gasteiger partial charge on any atom is -0.493 e. The molecule has 9 nitrogen and oxygen atoms in total. The molecule has 3 rings (SSSR count). The number of benzene rings is 1. The Hall–Kier alpha value is -3.08. The summed E-state index contributed by atoms with van der Waals surface area (Å²) in [5, 5.41) is 10.9. The SMILES string of the molecule is CNN(C)c1cc(-c2ccc(OCCC3CCN(S(C)(=O)=O)CC3)c(C(F)(F)F)c2)nc(C#N)c1N. The van der Waals surface area contributed by atoms with Crippen molar-refractivity contribution in [3.8, 4) is 23.1 Å². The lowest BCUT2D eigenvalue weighted by Crippen LogP contribution is -2.38. The van der Waals surface area contributed by atoms with Crippen molar-refractivity contribution in [2.45, 2.75) is 25.4 Å². The maximum Gasteiger partial charge on any atom is 0.419 e. The molecule has 0 amide bonds. The van der Waals surface area contributed by atoms with Gasteiger partial charge in [0.1, 0.15) is 11.8 Å². The first-order valence-corrected chi connectivity index (χ1v) is 13.1. The number of halogens is 3. The predicted octanol–water partition coefficient (Wildman–Crippen LogP) is 3.23. The van der Waals surface area contributed by atoms with Gasteiger partial charge in [-0.05, 0) is 49.4 Å². The molecule has 0 saturated carbocycles. The minimum absolute atomic E-state index is 0.0712. The maximum atomic E-state index is 13.9. The molecule has 2 aromatic rings. The molecule has 0 radical (unpaired) electrons. The summed E-state index contributed by atoms with van der Waals surface area (Å²) in [5.74, 6) is -0.133. The standard InChI is InChI=1S/C23H29F3N6O3S/c1-29-31(2)20-13-18(30-19(14-27)22(20)28)16-4-5-21(17(12-16)23(24,25)26)35-11-8-15-6-9-32(10-7-15)36(3,33)34/h4-5,12-13,15,29H,6-11,28H2,1-3H3. The van der Waals surface area contributed by atoms with Crippen molar-refractivity contribution in [3.63, 3.8) is 0 Å². The fourth-order valence-electron chi connectivity index (χ4n) is 4.07. The van der Waals surface area contributed by atoms with Crippen LogP contribution in [0.4, 0.5) is 24.5 Å². The van der Waals surface area contributed by atoms with Gasteiger partial charge in [0.05, 0.1) is 35.5 Å². The third-order valence-corrected chi connectivity index (χ3v) is 7.55. The number of nitriles is 1. The smallest absolute Gasteiger partial charge is 0.419 e.